The van der Waals surface area contributed by atoms with Crippen LogP contribution in [0.1, 0.15) is 34.2 Å². The van der Waals surface area contributed by atoms with Crippen LogP contribution in [-0.2, 0) is 13.1 Å². The lowest BCUT2D eigenvalue weighted by molar-refractivity contribution is 0.101. The number of aromatic nitrogens is 2. The lowest BCUT2D eigenvalue weighted by atomic mass is 10.1. The Kier molecular flexibility index (Phi) is 5.14. The Morgan fingerprint density at radius 2 is 2.00 bits per heavy atom. The highest BCUT2D eigenvalue weighted by molar-refractivity contribution is 5.95. The molecular weight excluding hydrogens is 324 g/mol. The van der Waals surface area contributed by atoms with E-state index in [-0.39, 0.29) is 5.78 Å². The minimum Gasteiger partial charge on any atom is -0.366 e. The van der Waals surface area contributed by atoms with Crippen molar-refractivity contribution in [3.63, 3.8) is 0 Å². The predicted molar refractivity (Wildman–Crippen MR) is 101 cm³/mol. The lowest BCUT2D eigenvalue weighted by Gasteiger charge is -2.21. The molecule has 26 heavy (non-hydrogen) atoms. The second kappa shape index (κ2) is 7.66. The van der Waals surface area contributed by atoms with Crippen molar-refractivity contribution >= 4 is 11.5 Å². The maximum absolute atomic E-state index is 11.7. The number of benzene rings is 2. The van der Waals surface area contributed by atoms with Crippen LogP contribution in [0.15, 0.2) is 60.9 Å². The van der Waals surface area contributed by atoms with E-state index < -0.39 is 0 Å². The van der Waals surface area contributed by atoms with Crippen LogP contribution in [0.2, 0.25) is 0 Å². The van der Waals surface area contributed by atoms with Gasteiger partial charge in [-0.1, -0.05) is 30.3 Å². The highest BCUT2D eigenvalue weighted by atomic mass is 16.1. The summed E-state index contributed by atoms with van der Waals surface area (Å²) in [5.74, 6) is 0.878. The van der Waals surface area contributed by atoms with Gasteiger partial charge in [-0.25, -0.2) is 4.98 Å². The first-order valence-electron chi connectivity index (χ1n) is 8.38. The molecule has 0 bridgehead atoms. The number of Topliss-reactive ketones (excluding diaryl/α,β-unsaturated/α-hetero) is 1. The molecule has 5 nitrogen and oxygen atoms in total. The number of nitriles is 1. The summed E-state index contributed by atoms with van der Waals surface area (Å²) in [7, 11) is 1.90. The van der Waals surface area contributed by atoms with Crippen LogP contribution in [0, 0.1) is 11.3 Å². The van der Waals surface area contributed by atoms with Gasteiger partial charge in [-0.05, 0) is 30.7 Å². The van der Waals surface area contributed by atoms with Crippen molar-refractivity contribution in [3.8, 4) is 6.07 Å². The van der Waals surface area contributed by atoms with E-state index in [9.17, 15) is 10.1 Å². The van der Waals surface area contributed by atoms with E-state index in [4.69, 9.17) is 0 Å². The van der Waals surface area contributed by atoms with E-state index in [1.165, 1.54) is 12.5 Å². The molecule has 0 amide bonds. The van der Waals surface area contributed by atoms with Crippen molar-refractivity contribution in [1.29, 1.82) is 5.26 Å². The number of imidazole rings is 1. The number of hydrogen-bond donors (Lipinski definition) is 0. The molecule has 0 saturated heterocycles. The molecule has 0 aliphatic carbocycles. The van der Waals surface area contributed by atoms with Gasteiger partial charge in [-0.3, -0.25) is 4.79 Å². The second-order valence-electron chi connectivity index (χ2n) is 6.21. The molecule has 0 aliphatic heterocycles. The Hall–Kier alpha value is -3.39. The van der Waals surface area contributed by atoms with Crippen LogP contribution >= 0.6 is 0 Å². The zero-order chi connectivity index (χ0) is 18.5. The topological polar surface area (TPSA) is 61.9 Å². The molecule has 3 rings (SSSR count). The van der Waals surface area contributed by atoms with Gasteiger partial charge in [0.1, 0.15) is 11.9 Å². The molecule has 3 aromatic rings. The molecule has 0 radical (unpaired) electrons. The third-order valence-electron chi connectivity index (χ3n) is 4.31. The Bertz CT molecular complexity index is 954. The molecule has 130 valence electrons. The maximum Gasteiger partial charge on any atom is 0.159 e. The Balaban J connectivity index is 1.84. The molecule has 0 aliphatic rings. The van der Waals surface area contributed by atoms with E-state index >= 15 is 0 Å². The van der Waals surface area contributed by atoms with E-state index in [2.05, 4.69) is 27.8 Å². The summed E-state index contributed by atoms with van der Waals surface area (Å²) in [5, 5.41) is 9.39. The average molecular weight is 344 g/mol. The quantitative estimate of drug-likeness (QED) is 0.641. The van der Waals surface area contributed by atoms with Gasteiger partial charge in [-0.15, -0.1) is 0 Å². The molecule has 0 spiro atoms. The Morgan fingerprint density at radius 3 is 2.69 bits per heavy atom. The minimum atomic E-state index is -0.0188. The average Bonchev–Trinajstić information content (AvgIpc) is 3.08. The molecule has 1 aromatic heterocycles. The fraction of sp³-hybridized carbons (Fsp3) is 0.190. The SMILES string of the molecule is CC(=O)c1ccc(C#N)c(N(C)Cc2nccn2Cc2ccccc2)c1. The third-order valence-corrected chi connectivity index (χ3v) is 4.31. The summed E-state index contributed by atoms with van der Waals surface area (Å²) >= 11 is 0. The zero-order valence-corrected chi connectivity index (χ0v) is 14.9. The van der Waals surface area contributed by atoms with Crippen molar-refractivity contribution in [2.75, 3.05) is 11.9 Å². The van der Waals surface area contributed by atoms with Crippen LogP contribution in [0.3, 0.4) is 0 Å². The van der Waals surface area contributed by atoms with Gasteiger partial charge in [0.05, 0.1) is 17.8 Å². The lowest BCUT2D eigenvalue weighted by Crippen LogP contribution is -2.21. The van der Waals surface area contributed by atoms with E-state index in [0.29, 0.717) is 17.7 Å². The van der Waals surface area contributed by atoms with Gasteiger partial charge in [0.25, 0.3) is 0 Å². The van der Waals surface area contributed by atoms with Crippen molar-refractivity contribution in [2.24, 2.45) is 0 Å². The Labute approximate surface area is 153 Å². The van der Waals surface area contributed by atoms with Crippen LogP contribution in [0.4, 0.5) is 5.69 Å². The molecule has 0 atom stereocenters. The smallest absolute Gasteiger partial charge is 0.159 e. The standard InChI is InChI=1S/C21H20N4O/c1-16(26)18-8-9-19(13-22)20(12-18)24(2)15-21-23-10-11-25(21)14-17-6-4-3-5-7-17/h3-12H,14-15H2,1-2H3. The summed E-state index contributed by atoms with van der Waals surface area (Å²) in [6.45, 7) is 2.80. The molecule has 0 fully saturated rings. The fourth-order valence-electron chi connectivity index (χ4n) is 2.87. The summed E-state index contributed by atoms with van der Waals surface area (Å²) < 4.78 is 2.09. The van der Waals surface area contributed by atoms with Gasteiger partial charge in [0.2, 0.25) is 0 Å². The van der Waals surface area contributed by atoms with Gasteiger partial charge in [-0.2, -0.15) is 5.26 Å². The number of rotatable bonds is 6. The molecule has 5 heteroatoms. The number of carbonyl (C=O) groups is 1. The van der Waals surface area contributed by atoms with Crippen molar-refractivity contribution in [2.45, 2.75) is 20.0 Å². The monoisotopic (exact) mass is 344 g/mol. The van der Waals surface area contributed by atoms with Crippen LogP contribution in [-0.4, -0.2) is 22.4 Å². The first-order chi connectivity index (χ1) is 12.6. The van der Waals surface area contributed by atoms with Gasteiger partial charge in [0, 0.05) is 31.5 Å². The molecule has 2 aromatic carbocycles. The number of ketones is 1. The number of anilines is 1. The number of hydrogen-bond acceptors (Lipinski definition) is 4. The second-order valence-corrected chi connectivity index (χ2v) is 6.21. The fourth-order valence-corrected chi connectivity index (χ4v) is 2.87. The molecule has 0 saturated carbocycles. The normalized spacial score (nSPS) is 10.3. The predicted octanol–water partition coefficient (Wildman–Crippen LogP) is 3.64. The highest BCUT2D eigenvalue weighted by Crippen LogP contribution is 2.23. The van der Waals surface area contributed by atoms with Crippen molar-refractivity contribution in [3.05, 3.63) is 83.4 Å². The minimum absolute atomic E-state index is 0.0188. The van der Waals surface area contributed by atoms with E-state index in [1.54, 1.807) is 24.4 Å². The summed E-state index contributed by atoms with van der Waals surface area (Å²) in [6, 6.07) is 17.5. The largest absolute Gasteiger partial charge is 0.366 e. The first-order valence-corrected chi connectivity index (χ1v) is 8.38. The summed E-state index contributed by atoms with van der Waals surface area (Å²) in [4.78, 5) is 18.1. The van der Waals surface area contributed by atoms with Crippen molar-refractivity contribution in [1.82, 2.24) is 9.55 Å². The summed E-state index contributed by atoms with van der Waals surface area (Å²) in [6.07, 6.45) is 3.73. The molecule has 0 unspecified atom stereocenters. The van der Waals surface area contributed by atoms with E-state index in [0.717, 1.165) is 18.1 Å². The molecular formula is C21H20N4O. The van der Waals surface area contributed by atoms with Gasteiger partial charge >= 0.3 is 0 Å². The Morgan fingerprint density at radius 1 is 1.23 bits per heavy atom. The van der Waals surface area contributed by atoms with E-state index in [1.807, 2.05) is 36.3 Å². The van der Waals surface area contributed by atoms with Gasteiger partial charge in [0.15, 0.2) is 5.78 Å². The zero-order valence-electron chi connectivity index (χ0n) is 14.9. The van der Waals surface area contributed by atoms with Crippen LogP contribution < -0.4 is 4.90 Å². The van der Waals surface area contributed by atoms with Crippen molar-refractivity contribution < 1.29 is 4.79 Å². The van der Waals surface area contributed by atoms with Crippen LogP contribution in [0.25, 0.3) is 0 Å². The third kappa shape index (κ3) is 3.81. The first kappa shape index (κ1) is 17.4. The van der Waals surface area contributed by atoms with Crippen LogP contribution in [0.5, 0.6) is 0 Å². The maximum atomic E-state index is 11.7. The molecule has 0 N–H and O–H groups in total. The number of nitrogens with zero attached hydrogens (tertiary/aromatic N) is 4. The van der Waals surface area contributed by atoms with Gasteiger partial charge < -0.3 is 9.47 Å². The highest BCUT2D eigenvalue weighted by Gasteiger charge is 2.13. The number of carbonyl (C=O) groups excluding carboxylic acids is 1. The molecule has 1 heterocycles. The summed E-state index contributed by atoms with van der Waals surface area (Å²) in [5.41, 5.74) is 3.07.